The lowest BCUT2D eigenvalue weighted by atomic mass is 9.93. The molecular formula is C9H20N2O3. The smallest absolute Gasteiger partial charge is 0.236 e. The van der Waals surface area contributed by atoms with Gasteiger partial charge in [-0.3, -0.25) is 4.79 Å². The maximum Gasteiger partial charge on any atom is 0.236 e. The molecule has 0 aromatic carbocycles. The molecule has 0 atom stereocenters. The quantitative estimate of drug-likeness (QED) is 0.500. The highest BCUT2D eigenvalue weighted by molar-refractivity contribution is 5.77. The van der Waals surface area contributed by atoms with E-state index < -0.39 is 5.41 Å². The van der Waals surface area contributed by atoms with Crippen molar-refractivity contribution in [3.63, 3.8) is 0 Å². The monoisotopic (exact) mass is 204 g/mol. The number of hydrogen-bond acceptors (Lipinski definition) is 4. The Morgan fingerprint density at radius 1 is 1.36 bits per heavy atom. The average molecular weight is 204 g/mol. The van der Waals surface area contributed by atoms with E-state index in [9.17, 15) is 4.79 Å². The molecule has 0 unspecified atom stereocenters. The van der Waals surface area contributed by atoms with Crippen LogP contribution < -0.4 is 5.32 Å². The third-order valence-electron chi connectivity index (χ3n) is 2.09. The van der Waals surface area contributed by atoms with Crippen LogP contribution in [0, 0.1) is 5.41 Å². The third-order valence-corrected chi connectivity index (χ3v) is 2.09. The highest BCUT2D eigenvalue weighted by atomic mass is 16.3. The van der Waals surface area contributed by atoms with Gasteiger partial charge in [-0.1, -0.05) is 6.92 Å². The number of amides is 1. The van der Waals surface area contributed by atoms with Crippen LogP contribution >= 0.6 is 0 Å². The van der Waals surface area contributed by atoms with Crippen LogP contribution in [0.3, 0.4) is 0 Å². The molecule has 3 N–H and O–H groups in total. The Bertz CT molecular complexity index is 179. The molecule has 5 heteroatoms. The predicted molar refractivity (Wildman–Crippen MR) is 53.8 cm³/mol. The summed E-state index contributed by atoms with van der Waals surface area (Å²) in [6.07, 6.45) is 0. The highest BCUT2D eigenvalue weighted by Crippen LogP contribution is 2.11. The molecule has 0 saturated heterocycles. The Morgan fingerprint density at radius 3 is 2.21 bits per heavy atom. The van der Waals surface area contributed by atoms with Crippen LogP contribution in [0.2, 0.25) is 0 Å². The SMILES string of the molecule is CN(C)C(=O)CNCC(C)(CO)CO. The van der Waals surface area contributed by atoms with Crippen LogP contribution in [0.5, 0.6) is 0 Å². The van der Waals surface area contributed by atoms with Gasteiger partial charge >= 0.3 is 0 Å². The molecule has 0 aliphatic carbocycles. The van der Waals surface area contributed by atoms with E-state index in [0.717, 1.165) is 0 Å². The van der Waals surface area contributed by atoms with E-state index in [4.69, 9.17) is 10.2 Å². The molecule has 0 rings (SSSR count). The van der Waals surface area contributed by atoms with Gasteiger partial charge in [0.05, 0.1) is 19.8 Å². The lowest BCUT2D eigenvalue weighted by molar-refractivity contribution is -0.127. The van der Waals surface area contributed by atoms with Crippen LogP contribution in [0.25, 0.3) is 0 Å². The maximum atomic E-state index is 11.1. The van der Waals surface area contributed by atoms with Crippen molar-refractivity contribution < 1.29 is 15.0 Å². The van der Waals surface area contributed by atoms with Gasteiger partial charge in [0.2, 0.25) is 5.91 Å². The van der Waals surface area contributed by atoms with Crippen molar-refractivity contribution in [1.29, 1.82) is 0 Å². The fourth-order valence-corrected chi connectivity index (χ4v) is 0.791. The van der Waals surface area contributed by atoms with Crippen molar-refractivity contribution >= 4 is 5.91 Å². The summed E-state index contributed by atoms with van der Waals surface area (Å²) in [4.78, 5) is 12.6. The molecular weight excluding hydrogens is 184 g/mol. The number of hydrogen-bond donors (Lipinski definition) is 3. The van der Waals surface area contributed by atoms with E-state index in [1.165, 1.54) is 4.90 Å². The van der Waals surface area contributed by atoms with Gasteiger partial charge in [-0.15, -0.1) is 0 Å². The fraction of sp³-hybridized carbons (Fsp3) is 0.889. The standard InChI is InChI=1S/C9H20N2O3/c1-9(6-12,7-13)5-10-4-8(14)11(2)3/h10,12-13H,4-7H2,1-3H3. The molecule has 0 fully saturated rings. The van der Waals surface area contributed by atoms with Crippen LogP contribution in [0.1, 0.15) is 6.92 Å². The summed E-state index contributed by atoms with van der Waals surface area (Å²) in [6, 6.07) is 0. The van der Waals surface area contributed by atoms with Crippen LogP contribution in [0.15, 0.2) is 0 Å². The van der Waals surface area contributed by atoms with E-state index in [1.807, 2.05) is 0 Å². The lowest BCUT2D eigenvalue weighted by Crippen LogP contribution is -2.42. The first-order valence-corrected chi connectivity index (χ1v) is 4.58. The zero-order chi connectivity index (χ0) is 11.2. The fourth-order valence-electron chi connectivity index (χ4n) is 0.791. The molecule has 0 saturated carbocycles. The normalized spacial score (nSPS) is 11.5. The summed E-state index contributed by atoms with van der Waals surface area (Å²) >= 11 is 0. The van der Waals surface area contributed by atoms with E-state index in [2.05, 4.69) is 5.32 Å². The Balaban J connectivity index is 3.78. The molecule has 0 bridgehead atoms. The number of aliphatic hydroxyl groups is 2. The number of carbonyl (C=O) groups excluding carboxylic acids is 1. The summed E-state index contributed by atoms with van der Waals surface area (Å²) in [5.41, 5.74) is -0.563. The molecule has 0 aromatic rings. The second kappa shape index (κ2) is 5.95. The van der Waals surface area contributed by atoms with Crippen LogP contribution in [-0.4, -0.2) is 61.4 Å². The number of nitrogens with zero attached hydrogens (tertiary/aromatic N) is 1. The Morgan fingerprint density at radius 2 is 1.86 bits per heavy atom. The summed E-state index contributed by atoms with van der Waals surface area (Å²) in [5.74, 6) is -0.0248. The molecule has 0 spiro atoms. The van der Waals surface area contributed by atoms with Crippen LogP contribution in [0.4, 0.5) is 0 Å². The average Bonchev–Trinajstić information content (AvgIpc) is 2.17. The van der Waals surface area contributed by atoms with Crippen molar-refractivity contribution in [3.05, 3.63) is 0 Å². The van der Waals surface area contributed by atoms with Crippen LogP contribution in [-0.2, 0) is 4.79 Å². The third kappa shape index (κ3) is 4.55. The summed E-state index contributed by atoms with van der Waals surface area (Å²) in [7, 11) is 3.36. The minimum absolute atomic E-state index is 0.0248. The van der Waals surface area contributed by atoms with E-state index in [0.29, 0.717) is 6.54 Å². The van der Waals surface area contributed by atoms with Crippen molar-refractivity contribution in [2.45, 2.75) is 6.92 Å². The molecule has 84 valence electrons. The van der Waals surface area contributed by atoms with Gasteiger partial charge in [0.15, 0.2) is 0 Å². The lowest BCUT2D eigenvalue weighted by Gasteiger charge is -2.25. The Kier molecular flexibility index (Phi) is 5.68. The molecule has 0 heterocycles. The zero-order valence-corrected chi connectivity index (χ0v) is 9.08. The molecule has 0 radical (unpaired) electrons. The topological polar surface area (TPSA) is 72.8 Å². The molecule has 0 aliphatic rings. The van der Waals surface area contributed by atoms with Gasteiger partial charge in [-0.2, -0.15) is 0 Å². The molecule has 14 heavy (non-hydrogen) atoms. The number of likely N-dealkylation sites (N-methyl/N-ethyl adjacent to an activating group) is 1. The van der Waals surface area contributed by atoms with Crippen molar-refractivity contribution in [1.82, 2.24) is 10.2 Å². The van der Waals surface area contributed by atoms with Crippen molar-refractivity contribution in [2.24, 2.45) is 5.41 Å². The highest BCUT2D eigenvalue weighted by Gasteiger charge is 2.22. The number of nitrogens with one attached hydrogen (secondary N) is 1. The first kappa shape index (κ1) is 13.4. The van der Waals surface area contributed by atoms with E-state index >= 15 is 0 Å². The van der Waals surface area contributed by atoms with E-state index in [1.54, 1.807) is 21.0 Å². The summed E-state index contributed by atoms with van der Waals surface area (Å²) in [6.45, 7) is 2.18. The molecule has 1 amide bonds. The largest absolute Gasteiger partial charge is 0.396 e. The number of rotatable bonds is 6. The predicted octanol–water partition coefficient (Wildman–Crippen LogP) is -1.34. The summed E-state index contributed by atoms with van der Waals surface area (Å²) < 4.78 is 0. The van der Waals surface area contributed by atoms with Gasteiger partial charge in [0, 0.05) is 26.1 Å². The van der Waals surface area contributed by atoms with Gasteiger partial charge in [0.25, 0.3) is 0 Å². The van der Waals surface area contributed by atoms with Crippen molar-refractivity contribution in [3.8, 4) is 0 Å². The number of aliphatic hydroxyl groups excluding tert-OH is 2. The zero-order valence-electron chi connectivity index (χ0n) is 9.08. The molecule has 0 aromatic heterocycles. The second-order valence-corrected chi connectivity index (χ2v) is 4.02. The first-order valence-electron chi connectivity index (χ1n) is 4.58. The maximum absolute atomic E-state index is 11.1. The summed E-state index contributed by atoms with van der Waals surface area (Å²) in [5, 5.41) is 20.8. The van der Waals surface area contributed by atoms with Crippen molar-refractivity contribution in [2.75, 3.05) is 40.4 Å². The minimum Gasteiger partial charge on any atom is -0.396 e. The van der Waals surface area contributed by atoms with Gasteiger partial charge in [0.1, 0.15) is 0 Å². The van der Waals surface area contributed by atoms with Gasteiger partial charge in [-0.05, 0) is 0 Å². The molecule has 5 nitrogen and oxygen atoms in total. The Hall–Kier alpha value is -0.650. The Labute approximate surface area is 84.7 Å². The van der Waals surface area contributed by atoms with E-state index in [-0.39, 0.29) is 25.7 Å². The van der Waals surface area contributed by atoms with Gasteiger partial charge < -0.3 is 20.4 Å². The van der Waals surface area contributed by atoms with Gasteiger partial charge in [-0.25, -0.2) is 0 Å². The number of carbonyl (C=O) groups is 1. The first-order chi connectivity index (χ1) is 6.45. The molecule has 0 aliphatic heterocycles. The second-order valence-electron chi connectivity index (χ2n) is 4.02. The minimum atomic E-state index is -0.563.